The molecule has 26 heavy (non-hydrogen) atoms. The molecule has 0 amide bonds. The molecule has 0 saturated carbocycles. The van der Waals surface area contributed by atoms with Gasteiger partial charge in [-0.2, -0.15) is 10.4 Å². The Morgan fingerprint density at radius 3 is 2.73 bits per heavy atom. The number of aromatic nitrogens is 3. The van der Waals surface area contributed by atoms with Crippen LogP contribution in [-0.2, 0) is 11.8 Å². The highest BCUT2D eigenvalue weighted by Gasteiger charge is 2.27. The van der Waals surface area contributed by atoms with Crippen LogP contribution in [0.1, 0.15) is 18.1 Å². The molecular formula is C22H18N4. The Kier molecular flexibility index (Phi) is 3.98. The van der Waals surface area contributed by atoms with Crippen LogP contribution < -0.4 is 0 Å². The molecule has 2 aromatic heterocycles. The van der Waals surface area contributed by atoms with E-state index in [1.165, 1.54) is 0 Å². The van der Waals surface area contributed by atoms with Gasteiger partial charge in [0.2, 0.25) is 0 Å². The molecule has 2 aromatic carbocycles. The van der Waals surface area contributed by atoms with Crippen molar-refractivity contribution >= 4 is 11.0 Å². The van der Waals surface area contributed by atoms with Crippen LogP contribution in [0.5, 0.6) is 0 Å². The molecule has 0 fully saturated rings. The number of H-pyrrole nitrogens is 1. The van der Waals surface area contributed by atoms with Gasteiger partial charge in [0, 0.05) is 11.6 Å². The summed E-state index contributed by atoms with van der Waals surface area (Å²) in [5.41, 5.74) is 4.45. The molecule has 4 nitrogen and oxygen atoms in total. The van der Waals surface area contributed by atoms with E-state index in [2.05, 4.69) is 45.5 Å². The lowest BCUT2D eigenvalue weighted by atomic mass is 9.78. The van der Waals surface area contributed by atoms with Crippen LogP contribution in [0.3, 0.4) is 0 Å². The number of nitrogens with one attached hydrogen (secondary N) is 1. The molecule has 4 aromatic rings. The summed E-state index contributed by atoms with van der Waals surface area (Å²) in [5.74, 6) is 0. The Balaban J connectivity index is 1.77. The average molecular weight is 338 g/mol. The number of hydrogen-bond acceptors (Lipinski definition) is 3. The first kappa shape index (κ1) is 16.0. The van der Waals surface area contributed by atoms with E-state index in [0.29, 0.717) is 6.42 Å². The maximum Gasteiger partial charge on any atom is 0.155 e. The lowest BCUT2D eigenvalue weighted by Gasteiger charge is -2.23. The third-order valence-electron chi connectivity index (χ3n) is 4.81. The molecule has 4 rings (SSSR count). The van der Waals surface area contributed by atoms with Crippen molar-refractivity contribution in [2.45, 2.75) is 18.8 Å². The van der Waals surface area contributed by atoms with Gasteiger partial charge in [0.15, 0.2) is 5.65 Å². The van der Waals surface area contributed by atoms with Gasteiger partial charge in [-0.15, -0.1) is 0 Å². The molecule has 0 aliphatic heterocycles. The Hall–Kier alpha value is -3.45. The number of aromatic amines is 1. The van der Waals surface area contributed by atoms with E-state index < -0.39 is 5.41 Å². The number of benzene rings is 2. The van der Waals surface area contributed by atoms with Crippen LogP contribution in [0.15, 0.2) is 73.1 Å². The van der Waals surface area contributed by atoms with Crippen LogP contribution in [-0.4, -0.2) is 15.2 Å². The minimum atomic E-state index is -0.597. The third-order valence-corrected chi connectivity index (χ3v) is 4.81. The van der Waals surface area contributed by atoms with Gasteiger partial charge in [-0.25, -0.2) is 4.98 Å². The van der Waals surface area contributed by atoms with E-state index in [-0.39, 0.29) is 0 Å². The van der Waals surface area contributed by atoms with Gasteiger partial charge < -0.3 is 0 Å². The standard InChI is InChI=1S/C22H18N4/c1-22(15-23,13-16-6-3-2-4-7-16)18-9-5-8-17(12-18)19-10-11-24-21-20(19)14-25-26-21/h2-12,14H,13H2,1H3,(H,24,25,26). The quantitative estimate of drug-likeness (QED) is 0.589. The number of nitrogens with zero attached hydrogens (tertiary/aromatic N) is 3. The summed E-state index contributed by atoms with van der Waals surface area (Å²) in [6.45, 7) is 2.00. The highest BCUT2D eigenvalue weighted by Crippen LogP contribution is 2.32. The second-order valence-corrected chi connectivity index (χ2v) is 6.68. The molecule has 2 heterocycles. The van der Waals surface area contributed by atoms with E-state index in [9.17, 15) is 5.26 Å². The van der Waals surface area contributed by atoms with Crippen LogP contribution in [0.25, 0.3) is 22.2 Å². The summed E-state index contributed by atoms with van der Waals surface area (Å²) in [7, 11) is 0. The van der Waals surface area contributed by atoms with Crippen LogP contribution in [0.4, 0.5) is 0 Å². The maximum atomic E-state index is 9.93. The summed E-state index contributed by atoms with van der Waals surface area (Å²) in [4.78, 5) is 4.30. The first-order valence-electron chi connectivity index (χ1n) is 8.54. The topological polar surface area (TPSA) is 65.4 Å². The van der Waals surface area contributed by atoms with E-state index in [1.54, 1.807) is 12.4 Å². The highest BCUT2D eigenvalue weighted by molar-refractivity contribution is 5.92. The second-order valence-electron chi connectivity index (χ2n) is 6.68. The fourth-order valence-corrected chi connectivity index (χ4v) is 3.34. The number of pyridine rings is 1. The Labute approximate surface area is 152 Å². The predicted molar refractivity (Wildman–Crippen MR) is 102 cm³/mol. The number of fused-ring (bicyclic) bond motifs is 1. The minimum Gasteiger partial charge on any atom is -0.261 e. The zero-order chi connectivity index (χ0) is 18.0. The lowest BCUT2D eigenvalue weighted by molar-refractivity contribution is 0.607. The number of nitriles is 1. The first-order valence-corrected chi connectivity index (χ1v) is 8.54. The summed E-state index contributed by atoms with van der Waals surface area (Å²) in [5, 5.41) is 17.9. The molecule has 0 aliphatic rings. The van der Waals surface area contributed by atoms with Crippen LogP contribution in [0.2, 0.25) is 0 Å². The van der Waals surface area contributed by atoms with Crippen molar-refractivity contribution in [2.75, 3.05) is 0 Å². The fraction of sp³-hybridized carbons (Fsp3) is 0.136. The minimum absolute atomic E-state index is 0.597. The molecule has 1 N–H and O–H groups in total. The average Bonchev–Trinajstić information content (AvgIpc) is 3.17. The number of rotatable bonds is 4. The maximum absolute atomic E-state index is 9.93. The van der Waals surface area contributed by atoms with Crippen molar-refractivity contribution in [1.29, 1.82) is 5.26 Å². The van der Waals surface area contributed by atoms with Gasteiger partial charge in [-0.3, -0.25) is 5.10 Å². The molecule has 0 bridgehead atoms. The van der Waals surface area contributed by atoms with Gasteiger partial charge in [0.25, 0.3) is 0 Å². The molecule has 0 radical (unpaired) electrons. The molecule has 126 valence electrons. The van der Waals surface area contributed by atoms with Crippen molar-refractivity contribution in [3.63, 3.8) is 0 Å². The zero-order valence-electron chi connectivity index (χ0n) is 14.5. The van der Waals surface area contributed by atoms with E-state index in [1.807, 2.05) is 43.3 Å². The monoisotopic (exact) mass is 338 g/mol. The van der Waals surface area contributed by atoms with Crippen molar-refractivity contribution in [1.82, 2.24) is 15.2 Å². The predicted octanol–water partition coefficient (Wildman–Crippen LogP) is 4.65. The SMILES string of the molecule is CC(C#N)(Cc1ccccc1)c1cccc(-c2ccnc3[nH]ncc23)c1. The first-order chi connectivity index (χ1) is 12.7. The van der Waals surface area contributed by atoms with Gasteiger partial charge in [0.05, 0.1) is 17.7 Å². The Bertz CT molecular complexity index is 1090. The van der Waals surface area contributed by atoms with Gasteiger partial charge in [0.1, 0.15) is 0 Å². The van der Waals surface area contributed by atoms with E-state index >= 15 is 0 Å². The molecule has 4 heteroatoms. The normalized spacial score (nSPS) is 13.2. The van der Waals surface area contributed by atoms with E-state index in [4.69, 9.17) is 0 Å². The molecule has 1 unspecified atom stereocenters. The van der Waals surface area contributed by atoms with Crippen molar-refractivity contribution < 1.29 is 0 Å². The largest absolute Gasteiger partial charge is 0.261 e. The number of hydrogen-bond donors (Lipinski definition) is 1. The fourth-order valence-electron chi connectivity index (χ4n) is 3.34. The zero-order valence-corrected chi connectivity index (χ0v) is 14.5. The Morgan fingerprint density at radius 1 is 1.08 bits per heavy atom. The third kappa shape index (κ3) is 2.84. The summed E-state index contributed by atoms with van der Waals surface area (Å²) in [6, 6.07) is 22.9. The Morgan fingerprint density at radius 2 is 1.92 bits per heavy atom. The van der Waals surface area contributed by atoms with Gasteiger partial charge >= 0.3 is 0 Å². The van der Waals surface area contributed by atoms with Crippen LogP contribution >= 0.6 is 0 Å². The van der Waals surface area contributed by atoms with Gasteiger partial charge in [-0.1, -0.05) is 48.5 Å². The molecule has 0 spiro atoms. The smallest absolute Gasteiger partial charge is 0.155 e. The van der Waals surface area contributed by atoms with Crippen molar-refractivity contribution in [2.24, 2.45) is 0 Å². The van der Waals surface area contributed by atoms with Gasteiger partial charge in [-0.05, 0) is 47.7 Å². The second kappa shape index (κ2) is 6.45. The molecule has 1 atom stereocenters. The molecule has 0 saturated heterocycles. The molecular weight excluding hydrogens is 320 g/mol. The summed E-state index contributed by atoms with van der Waals surface area (Å²) in [6.07, 6.45) is 4.24. The van der Waals surface area contributed by atoms with E-state index in [0.717, 1.165) is 33.3 Å². The van der Waals surface area contributed by atoms with Crippen molar-refractivity contribution in [3.8, 4) is 17.2 Å². The summed E-state index contributed by atoms with van der Waals surface area (Å²) < 4.78 is 0. The molecule has 0 aliphatic carbocycles. The van der Waals surface area contributed by atoms with Crippen molar-refractivity contribution in [3.05, 3.63) is 84.2 Å². The highest BCUT2D eigenvalue weighted by atomic mass is 15.1. The van der Waals surface area contributed by atoms with Crippen LogP contribution in [0, 0.1) is 11.3 Å². The summed E-state index contributed by atoms with van der Waals surface area (Å²) >= 11 is 0. The lowest BCUT2D eigenvalue weighted by Crippen LogP contribution is -2.22.